The number of benzene rings is 1. The fourth-order valence-corrected chi connectivity index (χ4v) is 3.36. The lowest BCUT2D eigenvalue weighted by atomic mass is 10.1. The first-order valence-electron chi connectivity index (χ1n) is 6.20. The van der Waals surface area contributed by atoms with Crippen molar-refractivity contribution in [3.05, 3.63) is 24.3 Å². The molecule has 7 heteroatoms. The molecule has 5 nitrogen and oxygen atoms in total. The number of nitrogens with one attached hydrogen (secondary N) is 1. The van der Waals surface area contributed by atoms with Gasteiger partial charge in [-0.1, -0.05) is 0 Å². The van der Waals surface area contributed by atoms with E-state index in [2.05, 4.69) is 5.32 Å². The first-order valence-corrected chi connectivity index (χ1v) is 9.74. The maximum atomic E-state index is 12.1. The van der Waals surface area contributed by atoms with Crippen LogP contribution in [0.4, 0.5) is 0 Å². The van der Waals surface area contributed by atoms with Crippen LogP contribution in [0.2, 0.25) is 0 Å². The summed E-state index contributed by atoms with van der Waals surface area (Å²) in [5.74, 6) is -0.0253. The van der Waals surface area contributed by atoms with Gasteiger partial charge in [0.25, 0.3) is 0 Å². The van der Waals surface area contributed by atoms with E-state index in [1.807, 2.05) is 20.8 Å². The van der Waals surface area contributed by atoms with Gasteiger partial charge < -0.3 is 5.32 Å². The summed E-state index contributed by atoms with van der Waals surface area (Å²) in [6.45, 7) is 6.22. The lowest BCUT2D eigenvalue weighted by Gasteiger charge is -2.20. The number of hydrogen-bond donors (Lipinski definition) is 1. The van der Waals surface area contributed by atoms with Crippen LogP contribution in [0, 0.1) is 0 Å². The molecular weight excluding hydrogens is 298 g/mol. The number of hydrogen-bond acceptors (Lipinski definition) is 5. The third-order valence-corrected chi connectivity index (χ3v) is 5.50. The minimum Gasteiger partial charge on any atom is -0.311 e. The molecule has 0 saturated carbocycles. The molecule has 1 aromatic rings. The summed E-state index contributed by atoms with van der Waals surface area (Å²) in [6, 6.07) is 5.31. The number of rotatable bonds is 5. The van der Waals surface area contributed by atoms with Gasteiger partial charge in [-0.3, -0.25) is 0 Å². The summed E-state index contributed by atoms with van der Waals surface area (Å²) >= 11 is 0. The van der Waals surface area contributed by atoms with Gasteiger partial charge in [-0.05, 0) is 45.0 Å². The van der Waals surface area contributed by atoms with Gasteiger partial charge >= 0.3 is 0 Å². The smallest absolute Gasteiger partial charge is 0.179 e. The Balaban J connectivity index is 2.84. The summed E-state index contributed by atoms with van der Waals surface area (Å²) in [5.41, 5.74) is -0.143. The van der Waals surface area contributed by atoms with E-state index in [4.69, 9.17) is 0 Å². The van der Waals surface area contributed by atoms with Crippen LogP contribution in [0.25, 0.3) is 0 Å². The molecule has 0 aliphatic rings. The Labute approximate surface area is 121 Å². The van der Waals surface area contributed by atoms with Gasteiger partial charge in [0.05, 0.1) is 15.5 Å². The maximum absolute atomic E-state index is 12.1. The largest absolute Gasteiger partial charge is 0.311 e. The molecule has 1 aromatic carbocycles. The second-order valence-electron chi connectivity index (χ2n) is 5.74. The molecular formula is C13H21NO4S2. The molecule has 0 atom stereocenters. The van der Waals surface area contributed by atoms with Crippen molar-refractivity contribution in [3.8, 4) is 0 Å². The zero-order chi connectivity index (χ0) is 15.6. The Kier molecular flexibility index (Phi) is 4.99. The monoisotopic (exact) mass is 319 g/mol. The Morgan fingerprint density at radius 2 is 1.40 bits per heavy atom. The number of sulfone groups is 2. The highest BCUT2D eigenvalue weighted by Crippen LogP contribution is 2.15. The summed E-state index contributed by atoms with van der Waals surface area (Å²) in [6.07, 6.45) is 1.09. The van der Waals surface area contributed by atoms with E-state index in [0.717, 1.165) is 6.26 Å². The fourth-order valence-electron chi connectivity index (χ4n) is 1.57. The highest BCUT2D eigenvalue weighted by atomic mass is 32.2. The van der Waals surface area contributed by atoms with Gasteiger partial charge in [-0.25, -0.2) is 16.8 Å². The average molecular weight is 319 g/mol. The van der Waals surface area contributed by atoms with Crippen molar-refractivity contribution in [2.45, 2.75) is 36.1 Å². The minimum atomic E-state index is -3.40. The van der Waals surface area contributed by atoms with Gasteiger partial charge in [0, 0.05) is 18.3 Å². The minimum absolute atomic E-state index is 0.0253. The molecule has 0 radical (unpaired) electrons. The van der Waals surface area contributed by atoms with Crippen LogP contribution in [0.5, 0.6) is 0 Å². The molecule has 0 saturated heterocycles. The molecule has 1 rings (SSSR count). The first-order chi connectivity index (χ1) is 8.92. The average Bonchev–Trinajstić information content (AvgIpc) is 2.26. The van der Waals surface area contributed by atoms with Crippen molar-refractivity contribution < 1.29 is 16.8 Å². The lowest BCUT2D eigenvalue weighted by molar-refractivity contribution is 0.438. The van der Waals surface area contributed by atoms with E-state index in [0.29, 0.717) is 6.54 Å². The molecule has 0 bridgehead atoms. The second kappa shape index (κ2) is 5.83. The maximum Gasteiger partial charge on any atom is 0.179 e. The zero-order valence-electron chi connectivity index (χ0n) is 12.2. The first kappa shape index (κ1) is 17.1. The van der Waals surface area contributed by atoms with E-state index in [-0.39, 0.29) is 21.1 Å². The zero-order valence-corrected chi connectivity index (χ0v) is 13.8. The molecule has 1 N–H and O–H groups in total. The Hall–Kier alpha value is -0.920. The lowest BCUT2D eigenvalue weighted by Crippen LogP contribution is -2.38. The summed E-state index contributed by atoms with van der Waals surface area (Å²) in [7, 11) is -6.71. The second-order valence-corrected chi connectivity index (χ2v) is 9.86. The standard InChI is InChI=1S/C13H21NO4S2/c1-13(2,3)14-9-10-20(17,18)12-7-5-11(6-8-12)19(4,15)16/h5-8,14H,9-10H2,1-4H3. The topological polar surface area (TPSA) is 80.3 Å². The van der Waals surface area contributed by atoms with E-state index >= 15 is 0 Å². The van der Waals surface area contributed by atoms with Crippen LogP contribution in [0.1, 0.15) is 20.8 Å². The van der Waals surface area contributed by atoms with E-state index in [9.17, 15) is 16.8 Å². The van der Waals surface area contributed by atoms with Crippen LogP contribution >= 0.6 is 0 Å². The van der Waals surface area contributed by atoms with Crippen molar-refractivity contribution in [1.29, 1.82) is 0 Å². The highest BCUT2D eigenvalue weighted by molar-refractivity contribution is 7.91. The van der Waals surface area contributed by atoms with Crippen LogP contribution in [0.15, 0.2) is 34.1 Å². The van der Waals surface area contributed by atoms with E-state index in [1.165, 1.54) is 24.3 Å². The van der Waals surface area contributed by atoms with Crippen molar-refractivity contribution >= 4 is 19.7 Å². The summed E-state index contributed by atoms with van der Waals surface area (Å²) in [5, 5.41) is 3.11. The molecule has 0 aliphatic carbocycles. The highest BCUT2D eigenvalue weighted by Gasteiger charge is 2.17. The molecule has 0 aliphatic heterocycles. The van der Waals surface area contributed by atoms with E-state index < -0.39 is 19.7 Å². The van der Waals surface area contributed by atoms with Crippen LogP contribution in [0.3, 0.4) is 0 Å². The normalized spacial score (nSPS) is 13.4. The third-order valence-electron chi connectivity index (χ3n) is 2.64. The molecule has 0 aromatic heterocycles. The van der Waals surface area contributed by atoms with Gasteiger partial charge in [0.1, 0.15) is 0 Å². The van der Waals surface area contributed by atoms with E-state index in [1.54, 1.807) is 0 Å². The molecule has 0 spiro atoms. The Morgan fingerprint density at radius 1 is 0.950 bits per heavy atom. The van der Waals surface area contributed by atoms with Gasteiger partial charge in [-0.2, -0.15) is 0 Å². The van der Waals surface area contributed by atoms with Crippen LogP contribution in [-0.4, -0.2) is 40.9 Å². The van der Waals surface area contributed by atoms with Crippen molar-refractivity contribution in [3.63, 3.8) is 0 Å². The molecule has 114 valence electrons. The molecule has 20 heavy (non-hydrogen) atoms. The predicted molar refractivity (Wildman–Crippen MR) is 79.4 cm³/mol. The molecule has 0 unspecified atom stereocenters. The van der Waals surface area contributed by atoms with Crippen molar-refractivity contribution in [2.75, 3.05) is 18.6 Å². The van der Waals surface area contributed by atoms with Crippen molar-refractivity contribution in [1.82, 2.24) is 5.32 Å². The van der Waals surface area contributed by atoms with Gasteiger partial charge in [-0.15, -0.1) is 0 Å². The quantitative estimate of drug-likeness (QED) is 0.883. The van der Waals surface area contributed by atoms with Crippen LogP contribution < -0.4 is 5.32 Å². The summed E-state index contributed by atoms with van der Waals surface area (Å²) in [4.78, 5) is 0.255. The van der Waals surface area contributed by atoms with Gasteiger partial charge in [0.15, 0.2) is 19.7 Å². The SMILES string of the molecule is CC(C)(C)NCCS(=O)(=O)c1ccc(S(C)(=O)=O)cc1. The Morgan fingerprint density at radius 3 is 1.80 bits per heavy atom. The molecule has 0 heterocycles. The Bertz CT molecular complexity index is 653. The van der Waals surface area contributed by atoms with Crippen LogP contribution in [-0.2, 0) is 19.7 Å². The predicted octanol–water partition coefficient (Wildman–Crippen LogP) is 1.25. The summed E-state index contributed by atoms with van der Waals surface area (Å²) < 4.78 is 46.8. The van der Waals surface area contributed by atoms with Crippen molar-refractivity contribution in [2.24, 2.45) is 0 Å². The van der Waals surface area contributed by atoms with Gasteiger partial charge in [0.2, 0.25) is 0 Å². The third kappa shape index (κ3) is 5.22. The molecule has 0 fully saturated rings. The molecule has 0 amide bonds. The fraction of sp³-hybridized carbons (Fsp3) is 0.538.